The Morgan fingerprint density at radius 2 is 1.97 bits per heavy atom. The van der Waals surface area contributed by atoms with Crippen molar-refractivity contribution in [2.24, 2.45) is 0 Å². The third-order valence-corrected chi connectivity index (χ3v) is 5.43. The number of benzene rings is 1. The van der Waals surface area contributed by atoms with Gasteiger partial charge in [-0.15, -0.1) is 0 Å². The van der Waals surface area contributed by atoms with E-state index in [1.165, 1.54) is 35.4 Å². The molecule has 0 aliphatic carbocycles. The number of nitrogens with one attached hydrogen (secondary N) is 2. The smallest absolute Gasteiger partial charge is 0.405 e. The van der Waals surface area contributed by atoms with Gasteiger partial charge >= 0.3 is 6.18 Å². The van der Waals surface area contributed by atoms with Crippen LogP contribution in [-0.2, 0) is 0 Å². The maximum atomic E-state index is 13.7. The highest BCUT2D eigenvalue weighted by Crippen LogP contribution is 2.28. The lowest BCUT2D eigenvalue weighted by Crippen LogP contribution is -2.40. The number of carbonyl (C=O) groups is 1. The Labute approximate surface area is 185 Å². The fourth-order valence-electron chi connectivity index (χ4n) is 3.68. The van der Waals surface area contributed by atoms with Crippen LogP contribution < -0.4 is 5.32 Å². The summed E-state index contributed by atoms with van der Waals surface area (Å²) in [6.45, 7) is -0.782. The van der Waals surface area contributed by atoms with Gasteiger partial charge in [0.15, 0.2) is 0 Å². The number of hydrogen-bond donors (Lipinski definition) is 3. The van der Waals surface area contributed by atoms with Crippen LogP contribution in [0.25, 0.3) is 11.0 Å². The van der Waals surface area contributed by atoms with Gasteiger partial charge in [-0.2, -0.15) is 13.2 Å². The molecular formula is C22H20F4N4O3. The van der Waals surface area contributed by atoms with Gasteiger partial charge in [-0.1, -0.05) is 0 Å². The minimum Gasteiger partial charge on any atom is -0.464 e. The highest BCUT2D eigenvalue weighted by atomic mass is 19.4. The van der Waals surface area contributed by atoms with Crippen LogP contribution in [0.2, 0.25) is 0 Å². The highest BCUT2D eigenvalue weighted by molar-refractivity contribution is 6.19. The van der Waals surface area contributed by atoms with E-state index in [9.17, 15) is 27.5 Å². The lowest BCUT2D eigenvalue weighted by molar-refractivity contribution is -0.115. The van der Waals surface area contributed by atoms with E-state index in [1.54, 1.807) is 0 Å². The van der Waals surface area contributed by atoms with Gasteiger partial charge in [0.05, 0.1) is 11.8 Å². The zero-order valence-corrected chi connectivity index (χ0v) is 17.2. The molecule has 0 atom stereocenters. The average molecular weight is 464 g/mol. The van der Waals surface area contributed by atoms with Crippen LogP contribution in [0.4, 0.5) is 23.2 Å². The lowest BCUT2D eigenvalue weighted by Gasteiger charge is -2.29. The number of anilines is 1. The first-order chi connectivity index (χ1) is 15.6. The molecule has 2 aromatic heterocycles. The van der Waals surface area contributed by atoms with E-state index in [2.05, 4.69) is 10.3 Å². The molecule has 11 heteroatoms. The number of pyridine rings is 1. The minimum atomic E-state index is -4.54. The molecule has 0 bridgehead atoms. The van der Waals surface area contributed by atoms with Crippen molar-refractivity contribution in [2.75, 3.05) is 25.0 Å². The van der Waals surface area contributed by atoms with Gasteiger partial charge in [0.25, 0.3) is 5.91 Å². The average Bonchev–Trinajstić information content (AvgIpc) is 3.19. The largest absolute Gasteiger partial charge is 0.464 e. The topological polar surface area (TPSA) is 102 Å². The molecule has 0 spiro atoms. The summed E-state index contributed by atoms with van der Waals surface area (Å²) in [6.07, 6.45) is -1.87. The summed E-state index contributed by atoms with van der Waals surface area (Å²) in [5, 5.41) is 20.7. The Morgan fingerprint density at radius 1 is 1.24 bits per heavy atom. The molecular weight excluding hydrogens is 444 g/mol. The second kappa shape index (κ2) is 8.81. The van der Waals surface area contributed by atoms with E-state index in [0.29, 0.717) is 31.5 Å². The van der Waals surface area contributed by atoms with E-state index in [4.69, 9.17) is 9.83 Å². The maximum Gasteiger partial charge on any atom is 0.405 e. The molecule has 1 amide bonds. The maximum absolute atomic E-state index is 13.7. The predicted octanol–water partition coefficient (Wildman–Crippen LogP) is 3.95. The molecule has 3 aromatic rings. The molecule has 174 valence electrons. The van der Waals surface area contributed by atoms with E-state index in [-0.39, 0.29) is 33.6 Å². The highest BCUT2D eigenvalue weighted by Gasteiger charge is 2.29. The van der Waals surface area contributed by atoms with Crippen molar-refractivity contribution < 1.29 is 31.9 Å². The van der Waals surface area contributed by atoms with Crippen molar-refractivity contribution in [3.05, 3.63) is 59.4 Å². The Bertz CT molecular complexity index is 1200. The quantitative estimate of drug-likeness (QED) is 0.392. The molecule has 3 N–H and O–H groups in total. The summed E-state index contributed by atoms with van der Waals surface area (Å²) in [5.74, 6) is -1.04. The number of likely N-dealkylation sites (tertiary alicyclic amines) is 1. The number of aliphatic hydroxyl groups is 1. The second-order valence-electron chi connectivity index (χ2n) is 7.77. The molecule has 1 aliphatic heterocycles. The third kappa shape index (κ3) is 4.98. The van der Waals surface area contributed by atoms with Gasteiger partial charge in [-0.3, -0.25) is 15.2 Å². The molecule has 0 saturated carbocycles. The third-order valence-electron chi connectivity index (χ3n) is 5.43. The Kier molecular flexibility index (Phi) is 6.07. The van der Waals surface area contributed by atoms with Crippen molar-refractivity contribution in [3.63, 3.8) is 0 Å². The lowest BCUT2D eigenvalue weighted by atomic mass is 10.0. The fraction of sp³-hybridized carbons (Fsp3) is 0.318. The van der Waals surface area contributed by atoms with Crippen LogP contribution in [0.3, 0.4) is 0 Å². The zero-order chi connectivity index (χ0) is 23.8. The Morgan fingerprint density at radius 3 is 2.67 bits per heavy atom. The van der Waals surface area contributed by atoms with Gasteiger partial charge in [0, 0.05) is 41.5 Å². The van der Waals surface area contributed by atoms with Crippen LogP contribution in [0, 0.1) is 11.2 Å². The van der Waals surface area contributed by atoms with Crippen LogP contribution in [-0.4, -0.2) is 58.5 Å². The number of piperidine rings is 1. The van der Waals surface area contributed by atoms with E-state index >= 15 is 0 Å². The van der Waals surface area contributed by atoms with Crippen molar-refractivity contribution in [2.45, 2.75) is 25.1 Å². The van der Waals surface area contributed by atoms with Crippen molar-refractivity contribution in [1.82, 2.24) is 9.88 Å². The number of amides is 1. The summed E-state index contributed by atoms with van der Waals surface area (Å²) < 4.78 is 57.8. The number of nitrogens with zero attached hydrogens (tertiary/aromatic N) is 2. The molecule has 3 heterocycles. The number of carbonyl (C=O) groups excluding carboxylic acids is 1. The summed E-state index contributed by atoms with van der Waals surface area (Å²) in [7, 11) is 0. The molecule has 7 nitrogen and oxygen atoms in total. The molecule has 1 aromatic carbocycles. The predicted molar refractivity (Wildman–Crippen MR) is 112 cm³/mol. The first-order valence-electron chi connectivity index (χ1n) is 10.2. The standard InChI is InChI=1S/C22H20F4N4O3/c23-12-1-2-19-14(7-12)16(10-33-19)20(27)15-9-28-18(8-17(15)29-11-22(24,25)26)21(32)30-5-3-13(31)4-6-30/h1-2,7-10,13,27,31H,3-6,11H2,(H,28,29). The first-order valence-corrected chi connectivity index (χ1v) is 10.2. The molecule has 33 heavy (non-hydrogen) atoms. The minimum absolute atomic E-state index is 0.00294. The van der Waals surface area contributed by atoms with Gasteiger partial charge in [0.2, 0.25) is 0 Å². The van der Waals surface area contributed by atoms with Crippen LogP contribution >= 0.6 is 0 Å². The molecule has 0 radical (unpaired) electrons. The van der Waals surface area contributed by atoms with Gasteiger partial charge in [-0.25, -0.2) is 4.39 Å². The first kappa shape index (κ1) is 22.7. The second-order valence-corrected chi connectivity index (χ2v) is 7.77. The van der Waals surface area contributed by atoms with Crippen molar-refractivity contribution in [3.8, 4) is 0 Å². The van der Waals surface area contributed by atoms with E-state index in [0.717, 1.165) is 6.20 Å². The summed E-state index contributed by atoms with van der Waals surface area (Å²) >= 11 is 0. The van der Waals surface area contributed by atoms with Crippen molar-refractivity contribution in [1.29, 1.82) is 5.41 Å². The van der Waals surface area contributed by atoms with Crippen LogP contribution in [0.5, 0.6) is 0 Å². The number of rotatable bonds is 5. The number of aromatic nitrogens is 1. The van der Waals surface area contributed by atoms with Gasteiger partial charge in [-0.05, 0) is 37.1 Å². The number of alkyl halides is 3. The zero-order valence-electron chi connectivity index (χ0n) is 17.2. The summed E-state index contributed by atoms with van der Waals surface area (Å²) in [4.78, 5) is 18.4. The number of halogens is 4. The molecule has 1 saturated heterocycles. The molecule has 1 fully saturated rings. The van der Waals surface area contributed by atoms with Crippen LogP contribution in [0.15, 0.2) is 41.1 Å². The van der Waals surface area contributed by atoms with Crippen molar-refractivity contribution >= 4 is 28.3 Å². The summed E-state index contributed by atoms with van der Waals surface area (Å²) in [6, 6.07) is 4.92. The number of furan rings is 1. The molecule has 1 aliphatic rings. The fourth-order valence-corrected chi connectivity index (χ4v) is 3.68. The Balaban J connectivity index is 1.69. The van der Waals surface area contributed by atoms with Gasteiger partial charge < -0.3 is 19.7 Å². The number of hydrogen-bond acceptors (Lipinski definition) is 6. The molecule has 0 unspecified atom stereocenters. The monoisotopic (exact) mass is 464 g/mol. The van der Waals surface area contributed by atoms with Crippen LogP contribution in [0.1, 0.15) is 34.5 Å². The van der Waals surface area contributed by atoms with E-state index < -0.39 is 30.5 Å². The number of aliphatic hydroxyl groups excluding tert-OH is 1. The SMILES string of the molecule is N=C(c1cnc(C(=O)N2CCC(O)CC2)cc1NCC(F)(F)F)c1coc2ccc(F)cc12. The number of fused-ring (bicyclic) bond motifs is 1. The Hall–Kier alpha value is -3.47. The molecule has 4 rings (SSSR count). The summed E-state index contributed by atoms with van der Waals surface area (Å²) in [5.41, 5.74) is 0.0427. The normalized spacial score (nSPS) is 15.1. The van der Waals surface area contributed by atoms with Gasteiger partial charge in [0.1, 0.15) is 29.9 Å². The van der Waals surface area contributed by atoms with E-state index in [1.807, 2.05) is 0 Å².